The van der Waals surface area contributed by atoms with Gasteiger partial charge in [0.05, 0.1) is 34.4 Å². The molecule has 1 saturated carbocycles. The Hall–Kier alpha value is -3.86. The molecule has 0 radical (unpaired) electrons. The number of hydrogen-bond donors (Lipinski definition) is 0. The summed E-state index contributed by atoms with van der Waals surface area (Å²) in [6.07, 6.45) is 4.54. The molecular weight excluding hydrogens is 417 g/mol. The van der Waals surface area contributed by atoms with Crippen molar-refractivity contribution < 1.29 is 4.39 Å². The highest BCUT2D eigenvalue weighted by Crippen LogP contribution is 2.33. The molecule has 0 aliphatic heterocycles. The number of aryl methyl sites for hydroxylation is 1. The summed E-state index contributed by atoms with van der Waals surface area (Å²) in [7, 11) is 0. The summed E-state index contributed by atoms with van der Waals surface area (Å²) in [5.41, 5.74) is 6.33. The number of benzene rings is 1. The van der Waals surface area contributed by atoms with Crippen LogP contribution in [-0.4, -0.2) is 29.5 Å². The maximum absolute atomic E-state index is 14.2. The van der Waals surface area contributed by atoms with Gasteiger partial charge in [-0.2, -0.15) is 15.5 Å². The molecular formula is C25H24FN7. The first kappa shape index (κ1) is 21.0. The standard InChI is InChI=1S/C25H24FN7/c1-15-22(10-21-11-23(29-14-28-21)33-17(3)24(26)16(2)30-33)32(13-19-4-5-19)31-25(15)20-8-6-18(12-27)7-9-20/h6-9,11,14,19H,4-5,10,13H2,1-3H3. The van der Waals surface area contributed by atoms with Crippen LogP contribution in [0.2, 0.25) is 0 Å². The lowest BCUT2D eigenvalue weighted by atomic mass is 10.0. The van der Waals surface area contributed by atoms with Crippen molar-refractivity contribution in [3.05, 3.63) is 76.4 Å². The molecule has 8 heteroatoms. The summed E-state index contributed by atoms with van der Waals surface area (Å²) >= 11 is 0. The Labute approximate surface area is 191 Å². The zero-order chi connectivity index (χ0) is 23.1. The molecule has 0 atom stereocenters. The molecule has 0 bridgehead atoms. The summed E-state index contributed by atoms with van der Waals surface area (Å²) in [4.78, 5) is 8.79. The molecule has 5 rings (SSSR count). The van der Waals surface area contributed by atoms with Gasteiger partial charge in [-0.05, 0) is 57.2 Å². The molecule has 7 nitrogen and oxygen atoms in total. The van der Waals surface area contributed by atoms with E-state index in [0.717, 1.165) is 34.8 Å². The number of rotatable bonds is 6. The van der Waals surface area contributed by atoms with E-state index >= 15 is 0 Å². The fourth-order valence-electron chi connectivity index (χ4n) is 4.10. The zero-order valence-electron chi connectivity index (χ0n) is 18.9. The first-order valence-electron chi connectivity index (χ1n) is 11.0. The van der Waals surface area contributed by atoms with Crippen LogP contribution in [0.25, 0.3) is 17.1 Å². The third kappa shape index (κ3) is 4.02. The number of hydrogen-bond acceptors (Lipinski definition) is 5. The first-order valence-corrected chi connectivity index (χ1v) is 11.0. The Balaban J connectivity index is 1.51. The molecule has 0 spiro atoms. The van der Waals surface area contributed by atoms with E-state index in [9.17, 15) is 4.39 Å². The zero-order valence-corrected chi connectivity index (χ0v) is 18.9. The van der Waals surface area contributed by atoms with Gasteiger partial charge in [0, 0.05) is 30.3 Å². The highest BCUT2D eigenvalue weighted by atomic mass is 19.1. The quantitative estimate of drug-likeness (QED) is 0.441. The van der Waals surface area contributed by atoms with Crippen LogP contribution in [0, 0.1) is 43.8 Å². The average Bonchev–Trinajstić information content (AvgIpc) is 3.56. The average molecular weight is 442 g/mol. The van der Waals surface area contributed by atoms with Gasteiger partial charge < -0.3 is 0 Å². The van der Waals surface area contributed by atoms with Gasteiger partial charge in [-0.15, -0.1) is 0 Å². The minimum atomic E-state index is -0.319. The van der Waals surface area contributed by atoms with Gasteiger partial charge >= 0.3 is 0 Å². The van der Waals surface area contributed by atoms with Crippen molar-refractivity contribution in [3.63, 3.8) is 0 Å². The third-order valence-corrected chi connectivity index (χ3v) is 6.21. The largest absolute Gasteiger partial charge is 0.268 e. The van der Waals surface area contributed by atoms with Crippen molar-refractivity contribution >= 4 is 0 Å². The first-order chi connectivity index (χ1) is 15.9. The Bertz CT molecular complexity index is 1370. The molecule has 3 heterocycles. The van der Waals surface area contributed by atoms with Crippen molar-refractivity contribution in [2.75, 3.05) is 0 Å². The number of aromatic nitrogens is 6. The molecule has 0 amide bonds. The Kier molecular flexibility index (Phi) is 5.25. The lowest BCUT2D eigenvalue weighted by molar-refractivity contribution is 0.544. The van der Waals surface area contributed by atoms with Gasteiger partial charge in [0.1, 0.15) is 6.33 Å². The van der Waals surface area contributed by atoms with Gasteiger partial charge in [-0.1, -0.05) is 12.1 Å². The van der Waals surface area contributed by atoms with E-state index in [1.165, 1.54) is 23.9 Å². The minimum absolute atomic E-state index is 0.319. The van der Waals surface area contributed by atoms with Crippen LogP contribution in [0.15, 0.2) is 36.7 Å². The Morgan fingerprint density at radius 2 is 1.85 bits per heavy atom. The van der Waals surface area contributed by atoms with Crippen molar-refractivity contribution in [1.29, 1.82) is 5.26 Å². The van der Waals surface area contributed by atoms with Gasteiger partial charge in [0.2, 0.25) is 0 Å². The SMILES string of the molecule is Cc1nn(-c2cc(Cc3c(C)c(-c4ccc(C#N)cc4)nn3CC3CC3)ncn2)c(C)c1F. The highest BCUT2D eigenvalue weighted by molar-refractivity contribution is 5.65. The Morgan fingerprint density at radius 1 is 1.09 bits per heavy atom. The van der Waals surface area contributed by atoms with Gasteiger partial charge in [0.15, 0.2) is 11.6 Å². The molecule has 1 fully saturated rings. The van der Waals surface area contributed by atoms with E-state index < -0.39 is 0 Å². The topological polar surface area (TPSA) is 85.2 Å². The minimum Gasteiger partial charge on any atom is -0.268 e. The van der Waals surface area contributed by atoms with Crippen LogP contribution in [0.5, 0.6) is 0 Å². The van der Waals surface area contributed by atoms with Gasteiger partial charge in [-0.25, -0.2) is 19.0 Å². The van der Waals surface area contributed by atoms with Crippen LogP contribution < -0.4 is 0 Å². The second-order valence-electron chi connectivity index (χ2n) is 8.68. The predicted molar refractivity (Wildman–Crippen MR) is 121 cm³/mol. The lowest BCUT2D eigenvalue weighted by Crippen LogP contribution is -2.10. The van der Waals surface area contributed by atoms with E-state index in [1.54, 1.807) is 13.8 Å². The van der Waals surface area contributed by atoms with Crippen LogP contribution in [-0.2, 0) is 13.0 Å². The lowest BCUT2D eigenvalue weighted by Gasteiger charge is -2.09. The van der Waals surface area contributed by atoms with Crippen molar-refractivity contribution in [2.45, 2.75) is 46.6 Å². The smallest absolute Gasteiger partial charge is 0.167 e. The third-order valence-electron chi connectivity index (χ3n) is 6.21. The van der Waals surface area contributed by atoms with E-state index in [4.69, 9.17) is 10.4 Å². The Morgan fingerprint density at radius 3 is 2.48 bits per heavy atom. The van der Waals surface area contributed by atoms with Crippen molar-refractivity contribution in [3.8, 4) is 23.1 Å². The molecule has 1 aliphatic rings. The van der Waals surface area contributed by atoms with Crippen LogP contribution in [0.4, 0.5) is 4.39 Å². The van der Waals surface area contributed by atoms with Gasteiger partial charge in [0.25, 0.3) is 0 Å². The van der Waals surface area contributed by atoms with Crippen LogP contribution in [0.3, 0.4) is 0 Å². The van der Waals surface area contributed by atoms with E-state index in [2.05, 4.69) is 32.7 Å². The van der Waals surface area contributed by atoms with Crippen LogP contribution >= 0.6 is 0 Å². The molecule has 33 heavy (non-hydrogen) atoms. The molecule has 0 saturated heterocycles. The van der Waals surface area contributed by atoms with Crippen molar-refractivity contribution in [2.24, 2.45) is 5.92 Å². The maximum atomic E-state index is 14.2. The van der Waals surface area contributed by atoms with E-state index in [1.807, 2.05) is 30.3 Å². The molecule has 4 aromatic rings. The second-order valence-corrected chi connectivity index (χ2v) is 8.68. The molecule has 3 aromatic heterocycles. The van der Waals surface area contributed by atoms with E-state index in [-0.39, 0.29) is 5.82 Å². The monoisotopic (exact) mass is 441 g/mol. The van der Waals surface area contributed by atoms with Gasteiger partial charge in [-0.3, -0.25) is 4.68 Å². The summed E-state index contributed by atoms with van der Waals surface area (Å²) in [5.74, 6) is 0.888. The molecule has 0 unspecified atom stereocenters. The molecule has 0 N–H and O–H groups in total. The van der Waals surface area contributed by atoms with Crippen LogP contribution in [0.1, 0.15) is 46.7 Å². The fraction of sp³-hybridized carbons (Fsp3) is 0.320. The summed E-state index contributed by atoms with van der Waals surface area (Å²) in [6, 6.07) is 11.5. The number of halogens is 1. The predicted octanol–water partition coefficient (Wildman–Crippen LogP) is 4.46. The highest BCUT2D eigenvalue weighted by Gasteiger charge is 2.25. The molecule has 1 aromatic carbocycles. The number of nitrogens with zero attached hydrogens (tertiary/aromatic N) is 7. The summed E-state index contributed by atoms with van der Waals surface area (Å²) in [5, 5.41) is 18.3. The van der Waals surface area contributed by atoms with Crippen molar-refractivity contribution in [1.82, 2.24) is 29.5 Å². The maximum Gasteiger partial charge on any atom is 0.167 e. The van der Waals surface area contributed by atoms with E-state index in [0.29, 0.717) is 35.1 Å². The normalized spacial score (nSPS) is 13.3. The fourth-order valence-corrected chi connectivity index (χ4v) is 4.10. The second kappa shape index (κ2) is 8.24. The molecule has 166 valence electrons. The molecule has 1 aliphatic carbocycles. The summed E-state index contributed by atoms with van der Waals surface area (Å²) < 4.78 is 17.8. The summed E-state index contributed by atoms with van der Waals surface area (Å²) in [6.45, 7) is 6.30. The number of nitriles is 1.